The minimum Gasteiger partial charge on any atom is -0.384 e. The first-order valence-corrected chi connectivity index (χ1v) is 5.82. The Morgan fingerprint density at radius 2 is 2.10 bits per heavy atom. The number of ether oxygens (including phenoxy) is 1. The van der Waals surface area contributed by atoms with Crippen LogP contribution in [-0.4, -0.2) is 30.6 Å². The number of halogens is 1. The van der Waals surface area contributed by atoms with Gasteiger partial charge in [-0.05, 0) is 18.6 Å². The largest absolute Gasteiger partial charge is 0.384 e. The molecule has 0 unspecified atom stereocenters. The lowest BCUT2D eigenvalue weighted by molar-refractivity contribution is 0.218. The Morgan fingerprint density at radius 1 is 1.30 bits per heavy atom. The summed E-state index contributed by atoms with van der Waals surface area (Å²) in [6.45, 7) is 0.888. The van der Waals surface area contributed by atoms with Crippen LogP contribution in [0, 0.1) is 0 Å². The first-order valence-electron chi connectivity index (χ1n) is 3.54. The molecular weight excluding hydrogens is 212 g/mol. The zero-order valence-corrected chi connectivity index (χ0v) is 8.84. The van der Waals surface area contributed by atoms with Gasteiger partial charge in [0.1, 0.15) is 0 Å². The van der Waals surface area contributed by atoms with E-state index >= 15 is 0 Å². The summed E-state index contributed by atoms with van der Waals surface area (Å²) in [6.07, 6.45) is 2.61. The van der Waals surface area contributed by atoms with E-state index in [9.17, 15) is 0 Å². The van der Waals surface area contributed by atoms with Crippen LogP contribution < -0.4 is 0 Å². The fraction of sp³-hybridized carbons (Fsp3) is 1.00. The van der Waals surface area contributed by atoms with Crippen LogP contribution >= 0.6 is 27.7 Å². The van der Waals surface area contributed by atoms with E-state index in [-0.39, 0.29) is 0 Å². The molecule has 0 saturated heterocycles. The monoisotopic (exact) mass is 226 g/mol. The van der Waals surface area contributed by atoms with Crippen LogP contribution in [0.5, 0.6) is 0 Å². The number of thioether (sulfide) groups is 1. The summed E-state index contributed by atoms with van der Waals surface area (Å²) in [7, 11) is 1.75. The molecule has 3 heteroatoms. The molecule has 0 rings (SSSR count). The zero-order chi connectivity index (χ0) is 7.66. The van der Waals surface area contributed by atoms with Gasteiger partial charge in [-0.3, -0.25) is 0 Å². The fourth-order valence-electron chi connectivity index (χ4n) is 0.543. The highest BCUT2D eigenvalue weighted by Gasteiger charge is 1.88. The van der Waals surface area contributed by atoms with Crippen LogP contribution in [0.1, 0.15) is 12.8 Å². The van der Waals surface area contributed by atoms with Gasteiger partial charge in [0, 0.05) is 18.2 Å². The van der Waals surface area contributed by atoms with Crippen molar-refractivity contribution in [2.75, 3.05) is 30.6 Å². The molecule has 10 heavy (non-hydrogen) atoms. The van der Waals surface area contributed by atoms with Crippen molar-refractivity contribution in [1.29, 1.82) is 0 Å². The number of hydrogen-bond acceptors (Lipinski definition) is 2. The fourth-order valence-corrected chi connectivity index (χ4v) is 1.84. The molecule has 0 amide bonds. The molecule has 0 aromatic rings. The third-order valence-electron chi connectivity index (χ3n) is 1.10. The van der Waals surface area contributed by atoms with Gasteiger partial charge in [0.25, 0.3) is 0 Å². The molecule has 0 saturated carbocycles. The summed E-state index contributed by atoms with van der Waals surface area (Å²) in [6, 6.07) is 0. The van der Waals surface area contributed by atoms with Gasteiger partial charge in [-0.15, -0.1) is 0 Å². The molecule has 0 aliphatic heterocycles. The normalized spacial score (nSPS) is 10.2. The molecule has 0 aliphatic carbocycles. The van der Waals surface area contributed by atoms with Crippen molar-refractivity contribution >= 4 is 27.7 Å². The molecule has 0 aromatic carbocycles. The molecular formula is C7H15BrOS. The minimum atomic E-state index is 0.888. The Labute approximate surface area is 76.0 Å². The average Bonchev–Trinajstić information content (AvgIpc) is 1.97. The van der Waals surface area contributed by atoms with Gasteiger partial charge < -0.3 is 4.74 Å². The van der Waals surface area contributed by atoms with Gasteiger partial charge in [0.15, 0.2) is 0 Å². The Morgan fingerprint density at radius 3 is 2.70 bits per heavy atom. The van der Waals surface area contributed by atoms with Crippen LogP contribution in [0.15, 0.2) is 0 Å². The molecule has 0 atom stereocenters. The number of methoxy groups -OCH3 is 1. The molecule has 0 bridgehead atoms. The smallest absolute Gasteiger partial charge is 0.0552 e. The van der Waals surface area contributed by atoms with Crippen molar-refractivity contribution in [3.63, 3.8) is 0 Å². The van der Waals surface area contributed by atoms with Gasteiger partial charge in [0.2, 0.25) is 0 Å². The van der Waals surface area contributed by atoms with E-state index < -0.39 is 0 Å². The van der Waals surface area contributed by atoms with Gasteiger partial charge in [-0.1, -0.05) is 15.9 Å². The quantitative estimate of drug-likeness (QED) is 0.488. The Bertz CT molecular complexity index is 53.6. The third kappa shape index (κ3) is 8.79. The lowest BCUT2D eigenvalue weighted by Crippen LogP contribution is -1.92. The van der Waals surface area contributed by atoms with Crippen LogP contribution in [0.25, 0.3) is 0 Å². The average molecular weight is 227 g/mol. The van der Waals surface area contributed by atoms with E-state index in [4.69, 9.17) is 4.74 Å². The van der Waals surface area contributed by atoms with E-state index in [1.165, 1.54) is 18.6 Å². The first kappa shape index (κ1) is 10.8. The summed E-state index contributed by atoms with van der Waals surface area (Å²) in [4.78, 5) is 0. The minimum absolute atomic E-state index is 0.888. The number of alkyl halides is 1. The zero-order valence-electron chi connectivity index (χ0n) is 6.44. The molecule has 0 spiro atoms. The summed E-state index contributed by atoms with van der Waals surface area (Å²) >= 11 is 5.37. The maximum Gasteiger partial charge on any atom is 0.0552 e. The highest BCUT2D eigenvalue weighted by atomic mass is 79.9. The molecule has 0 fully saturated rings. The standard InChI is InChI=1S/C7H15BrOS/c1-9-5-7-10-6-3-2-4-8/h2-7H2,1H3. The van der Waals surface area contributed by atoms with Crippen molar-refractivity contribution in [1.82, 2.24) is 0 Å². The second-order valence-corrected chi connectivity index (χ2v) is 4.02. The Balaban J connectivity index is 2.65. The molecule has 0 heterocycles. The van der Waals surface area contributed by atoms with E-state index in [2.05, 4.69) is 15.9 Å². The number of unbranched alkanes of at least 4 members (excludes halogenated alkanes) is 1. The molecule has 1 nitrogen and oxygen atoms in total. The summed E-state index contributed by atoms with van der Waals surface area (Å²) in [5.74, 6) is 2.41. The highest BCUT2D eigenvalue weighted by Crippen LogP contribution is 2.04. The van der Waals surface area contributed by atoms with Crippen molar-refractivity contribution in [3.05, 3.63) is 0 Å². The maximum absolute atomic E-state index is 4.92. The maximum atomic E-state index is 4.92. The van der Waals surface area contributed by atoms with Crippen molar-refractivity contribution in [2.45, 2.75) is 12.8 Å². The summed E-state index contributed by atoms with van der Waals surface area (Å²) in [5.41, 5.74) is 0. The second-order valence-electron chi connectivity index (χ2n) is 2.00. The number of rotatable bonds is 7. The van der Waals surface area contributed by atoms with Gasteiger partial charge in [-0.25, -0.2) is 0 Å². The lowest BCUT2D eigenvalue weighted by atomic mass is 10.4. The highest BCUT2D eigenvalue weighted by molar-refractivity contribution is 9.09. The van der Waals surface area contributed by atoms with Gasteiger partial charge in [0.05, 0.1) is 6.61 Å². The number of hydrogen-bond donors (Lipinski definition) is 0. The van der Waals surface area contributed by atoms with E-state index in [0.717, 1.165) is 17.7 Å². The molecule has 0 N–H and O–H groups in total. The van der Waals surface area contributed by atoms with Crippen LogP contribution in [0.4, 0.5) is 0 Å². The molecule has 0 aromatic heterocycles. The molecule has 0 radical (unpaired) electrons. The van der Waals surface area contributed by atoms with Gasteiger partial charge in [-0.2, -0.15) is 11.8 Å². The summed E-state index contributed by atoms with van der Waals surface area (Å²) < 4.78 is 4.92. The second kappa shape index (κ2) is 9.79. The van der Waals surface area contributed by atoms with E-state index in [0.29, 0.717) is 0 Å². The summed E-state index contributed by atoms with van der Waals surface area (Å²) in [5, 5.41) is 1.14. The Kier molecular flexibility index (Phi) is 10.6. The first-order chi connectivity index (χ1) is 4.91. The molecule has 62 valence electrons. The van der Waals surface area contributed by atoms with Crippen molar-refractivity contribution < 1.29 is 4.74 Å². The predicted molar refractivity (Wildman–Crippen MR) is 52.2 cm³/mol. The van der Waals surface area contributed by atoms with Crippen molar-refractivity contribution in [3.8, 4) is 0 Å². The van der Waals surface area contributed by atoms with Crippen molar-refractivity contribution in [2.24, 2.45) is 0 Å². The molecule has 0 aliphatic rings. The predicted octanol–water partition coefficient (Wildman–Crippen LogP) is 2.54. The van der Waals surface area contributed by atoms with E-state index in [1.807, 2.05) is 11.8 Å². The SMILES string of the molecule is COCCSCCCCBr. The topological polar surface area (TPSA) is 9.23 Å². The lowest BCUT2D eigenvalue weighted by Gasteiger charge is -1.98. The third-order valence-corrected chi connectivity index (χ3v) is 2.70. The Hall–Kier alpha value is 0.790. The van der Waals surface area contributed by atoms with Crippen LogP contribution in [0.2, 0.25) is 0 Å². The van der Waals surface area contributed by atoms with Crippen LogP contribution in [0.3, 0.4) is 0 Å². The van der Waals surface area contributed by atoms with E-state index in [1.54, 1.807) is 7.11 Å². The van der Waals surface area contributed by atoms with Gasteiger partial charge >= 0.3 is 0 Å². The van der Waals surface area contributed by atoms with Crippen LogP contribution in [-0.2, 0) is 4.74 Å².